The lowest BCUT2D eigenvalue weighted by Crippen LogP contribution is -1.76. The summed E-state index contributed by atoms with van der Waals surface area (Å²) in [6.45, 7) is 0. The van der Waals surface area contributed by atoms with Crippen LogP contribution in [0.15, 0.2) is 78.9 Å². The lowest BCUT2D eigenvalue weighted by Gasteiger charge is -2.01. The zero-order valence-electron chi connectivity index (χ0n) is 18.4. The maximum absolute atomic E-state index is 9.57. The highest BCUT2D eigenvalue weighted by Crippen LogP contribution is 2.26. The van der Waals surface area contributed by atoms with Crippen molar-refractivity contribution >= 4 is 24.3 Å². The van der Waals surface area contributed by atoms with Gasteiger partial charge in [-0.3, -0.25) is 0 Å². The smallest absolute Gasteiger partial charge is 0.126 e. The molecule has 35 heavy (non-hydrogen) atoms. The van der Waals surface area contributed by atoms with Gasteiger partial charge in [0.25, 0.3) is 0 Å². The fourth-order valence-electron chi connectivity index (χ4n) is 3.07. The molecule has 0 atom stereocenters. The Labute approximate surface area is 201 Å². The average Bonchev–Trinajstić information content (AvgIpc) is 2.77. The average molecular weight is 472 g/mol. The number of hydrogen-bond acceptors (Lipinski definition) is 7. The Bertz CT molecular complexity index is 1320. The van der Waals surface area contributed by atoms with Gasteiger partial charge in [0.2, 0.25) is 0 Å². The molecule has 0 aliphatic rings. The van der Waals surface area contributed by atoms with E-state index in [9.17, 15) is 25.5 Å². The zero-order valence-corrected chi connectivity index (χ0v) is 18.4. The monoisotopic (exact) mass is 472 g/mol. The minimum atomic E-state index is -0.0457. The van der Waals surface area contributed by atoms with Crippen LogP contribution in [-0.2, 0) is 0 Å². The topological polar surface area (TPSA) is 142 Å². The molecule has 4 rings (SSSR count). The molecule has 4 aromatic rings. The summed E-state index contributed by atoms with van der Waals surface area (Å²) < 4.78 is 0. The van der Waals surface area contributed by atoms with Crippen molar-refractivity contribution in [2.45, 2.75) is 0 Å². The maximum atomic E-state index is 9.57. The summed E-state index contributed by atoms with van der Waals surface area (Å²) in [5.41, 5.74) is 2.75. The fraction of sp³-hybridized carbons (Fsp3) is 0. The Morgan fingerprint density at radius 2 is 0.771 bits per heavy atom. The van der Waals surface area contributed by atoms with E-state index in [0.29, 0.717) is 16.7 Å². The first-order chi connectivity index (χ1) is 16.7. The van der Waals surface area contributed by atoms with Gasteiger partial charge in [-0.2, -0.15) is 0 Å². The Balaban J connectivity index is 0.000000196. The molecule has 0 fully saturated rings. The molecule has 4 aromatic carbocycles. The van der Waals surface area contributed by atoms with Crippen LogP contribution in [0, 0.1) is 0 Å². The summed E-state index contributed by atoms with van der Waals surface area (Å²) in [7, 11) is 0. The molecule has 178 valence electrons. The Hall–Kier alpha value is -5.04. The third kappa shape index (κ3) is 7.80. The van der Waals surface area contributed by atoms with E-state index in [2.05, 4.69) is 0 Å². The highest BCUT2D eigenvalue weighted by Gasteiger charge is 2.00. The molecule has 0 aliphatic heterocycles. The van der Waals surface area contributed by atoms with Crippen molar-refractivity contribution in [1.82, 2.24) is 0 Å². The highest BCUT2D eigenvalue weighted by molar-refractivity contribution is 5.74. The Morgan fingerprint density at radius 3 is 1.26 bits per heavy atom. The summed E-state index contributed by atoms with van der Waals surface area (Å²) in [6.07, 6.45) is 6.84. The van der Waals surface area contributed by atoms with Crippen LogP contribution >= 0.6 is 0 Å². The van der Waals surface area contributed by atoms with Crippen molar-refractivity contribution in [2.24, 2.45) is 0 Å². The molecule has 0 bridgehead atoms. The second kappa shape index (κ2) is 11.2. The lowest BCUT2D eigenvalue weighted by molar-refractivity contribution is 0.449. The second-order valence-electron chi connectivity index (χ2n) is 7.57. The first-order valence-corrected chi connectivity index (χ1v) is 10.4. The van der Waals surface area contributed by atoms with E-state index in [1.54, 1.807) is 60.7 Å². The van der Waals surface area contributed by atoms with Gasteiger partial charge in [0.15, 0.2) is 0 Å². The second-order valence-corrected chi connectivity index (χ2v) is 7.57. The molecule has 0 saturated heterocycles. The van der Waals surface area contributed by atoms with Crippen LogP contribution in [0.4, 0.5) is 0 Å². The van der Waals surface area contributed by atoms with Gasteiger partial charge in [-0.1, -0.05) is 36.4 Å². The van der Waals surface area contributed by atoms with Gasteiger partial charge in [0.1, 0.15) is 40.2 Å². The predicted octanol–water partition coefficient (Wildman–Crippen LogP) is 5.65. The molecule has 0 unspecified atom stereocenters. The van der Waals surface area contributed by atoms with Gasteiger partial charge in [-0.05, 0) is 65.2 Å². The molecular formula is C28H24O7. The van der Waals surface area contributed by atoms with Crippen LogP contribution in [0.25, 0.3) is 24.3 Å². The van der Waals surface area contributed by atoms with Crippen LogP contribution in [0.2, 0.25) is 0 Å². The summed E-state index contributed by atoms with van der Waals surface area (Å²) in [6, 6.07) is 19.6. The molecule has 0 heterocycles. The van der Waals surface area contributed by atoms with Gasteiger partial charge < -0.3 is 35.7 Å². The van der Waals surface area contributed by atoms with Crippen molar-refractivity contribution in [1.29, 1.82) is 0 Å². The number of hydrogen-bond donors (Lipinski definition) is 7. The third-order valence-electron chi connectivity index (χ3n) is 4.68. The first-order valence-electron chi connectivity index (χ1n) is 10.4. The molecule has 0 amide bonds. The van der Waals surface area contributed by atoms with Crippen molar-refractivity contribution in [3.05, 3.63) is 101 Å². The summed E-state index contributed by atoms with van der Waals surface area (Å²) in [4.78, 5) is 0. The minimum Gasteiger partial charge on any atom is -0.508 e. The van der Waals surface area contributed by atoms with Gasteiger partial charge in [-0.25, -0.2) is 0 Å². The van der Waals surface area contributed by atoms with Crippen LogP contribution in [0.3, 0.4) is 0 Å². The van der Waals surface area contributed by atoms with Gasteiger partial charge in [0, 0.05) is 23.8 Å². The minimum absolute atomic E-state index is 0.0142. The molecule has 7 heteroatoms. The lowest BCUT2D eigenvalue weighted by atomic mass is 10.1. The number of rotatable bonds is 4. The van der Waals surface area contributed by atoms with Crippen molar-refractivity contribution in [3.8, 4) is 40.2 Å². The normalized spacial score (nSPS) is 10.9. The first kappa shape index (κ1) is 24.6. The van der Waals surface area contributed by atoms with Gasteiger partial charge in [-0.15, -0.1) is 0 Å². The molecule has 0 aromatic heterocycles. The fourth-order valence-corrected chi connectivity index (χ4v) is 3.07. The van der Waals surface area contributed by atoms with E-state index in [0.717, 1.165) is 5.56 Å². The Kier molecular flexibility index (Phi) is 7.87. The maximum Gasteiger partial charge on any atom is 0.126 e. The Morgan fingerprint density at radius 1 is 0.343 bits per heavy atom. The number of aromatic hydroxyl groups is 7. The van der Waals surface area contributed by atoms with E-state index in [-0.39, 0.29) is 40.2 Å². The van der Waals surface area contributed by atoms with Crippen LogP contribution < -0.4 is 0 Å². The molecule has 0 saturated carbocycles. The predicted molar refractivity (Wildman–Crippen MR) is 135 cm³/mol. The molecule has 0 spiro atoms. The van der Waals surface area contributed by atoms with Gasteiger partial charge in [0.05, 0.1) is 0 Å². The van der Waals surface area contributed by atoms with E-state index >= 15 is 0 Å². The quantitative estimate of drug-likeness (QED) is 0.190. The van der Waals surface area contributed by atoms with Crippen molar-refractivity contribution < 1.29 is 35.7 Å². The van der Waals surface area contributed by atoms with Crippen LogP contribution in [-0.4, -0.2) is 35.7 Å². The zero-order chi connectivity index (χ0) is 25.4. The SMILES string of the molecule is Oc1cc(O)cc(/C=C/c2ccc(O)cc2O)c1.Oc1ccc(/C=C/c2cc(O)cc(O)c2)cc1. The van der Waals surface area contributed by atoms with E-state index < -0.39 is 0 Å². The molecule has 7 N–H and O–H groups in total. The molecule has 7 nitrogen and oxygen atoms in total. The van der Waals surface area contributed by atoms with Crippen molar-refractivity contribution in [2.75, 3.05) is 0 Å². The van der Waals surface area contributed by atoms with E-state index in [1.807, 2.05) is 6.08 Å². The molecule has 0 radical (unpaired) electrons. The van der Waals surface area contributed by atoms with E-state index in [4.69, 9.17) is 10.2 Å². The van der Waals surface area contributed by atoms with E-state index in [1.165, 1.54) is 36.4 Å². The van der Waals surface area contributed by atoms with Crippen LogP contribution in [0.5, 0.6) is 40.2 Å². The molecule has 0 aliphatic carbocycles. The standard InChI is InChI=1S/C14H12O4.C14H12O3/c15-11-4-3-10(14(18)8-11)2-1-9-5-12(16)7-13(17)6-9;15-12-5-3-10(4-6-12)1-2-11-7-13(16)9-14(17)8-11/h1-8,15-18H;1-9,15-17H/b2*2-1+. The summed E-state index contributed by atoms with van der Waals surface area (Å²) in [5, 5.41) is 65.1. The number of phenols is 7. The highest BCUT2D eigenvalue weighted by atomic mass is 16.3. The molecular weight excluding hydrogens is 448 g/mol. The largest absolute Gasteiger partial charge is 0.508 e. The van der Waals surface area contributed by atoms with Crippen LogP contribution in [0.1, 0.15) is 22.3 Å². The number of phenolic OH excluding ortho intramolecular Hbond substituents is 7. The summed E-state index contributed by atoms with van der Waals surface area (Å²) in [5.74, 6) is 0.132. The summed E-state index contributed by atoms with van der Waals surface area (Å²) >= 11 is 0. The number of benzene rings is 4. The van der Waals surface area contributed by atoms with Gasteiger partial charge >= 0.3 is 0 Å². The van der Waals surface area contributed by atoms with Crippen molar-refractivity contribution in [3.63, 3.8) is 0 Å². The third-order valence-corrected chi connectivity index (χ3v) is 4.68.